The monoisotopic (exact) mass is 405 g/mol. The number of ether oxygens (including phenoxy) is 1. The van der Waals surface area contributed by atoms with E-state index in [1.165, 1.54) is 6.08 Å². The van der Waals surface area contributed by atoms with Gasteiger partial charge in [0.1, 0.15) is 11.6 Å². The molecule has 1 heterocycles. The largest absolute Gasteiger partial charge is 0.495 e. The lowest BCUT2D eigenvalue weighted by molar-refractivity contribution is -0.127. The first kappa shape index (κ1) is 21.3. The van der Waals surface area contributed by atoms with Gasteiger partial charge in [-0.15, -0.1) is 0 Å². The van der Waals surface area contributed by atoms with E-state index in [1.807, 2.05) is 73.1 Å². The fourth-order valence-electron chi connectivity index (χ4n) is 3.32. The highest BCUT2D eigenvalue weighted by atomic mass is 16.5. The summed E-state index contributed by atoms with van der Waals surface area (Å²) < 4.78 is 7.55. The second-order valence-corrected chi connectivity index (χ2v) is 7.03. The highest BCUT2D eigenvalue weighted by Crippen LogP contribution is 2.26. The molecule has 6 nitrogen and oxygen atoms in total. The second kappa shape index (κ2) is 9.89. The van der Waals surface area contributed by atoms with Gasteiger partial charge < -0.3 is 19.3 Å². The van der Waals surface area contributed by atoms with Crippen LogP contribution in [0.3, 0.4) is 0 Å². The Morgan fingerprint density at radius 1 is 1.20 bits per heavy atom. The Hall–Kier alpha value is -3.38. The molecule has 0 fully saturated rings. The van der Waals surface area contributed by atoms with Crippen LogP contribution in [0.25, 0.3) is 11.8 Å². The molecule has 0 aliphatic carbocycles. The molecule has 0 aliphatic rings. The van der Waals surface area contributed by atoms with Gasteiger partial charge in [0.05, 0.1) is 25.1 Å². The minimum absolute atomic E-state index is 0.0847. The number of hydrogen-bond donors (Lipinski definition) is 1. The summed E-state index contributed by atoms with van der Waals surface area (Å²) in [6.45, 7) is 4.54. The van der Waals surface area contributed by atoms with Gasteiger partial charge in [-0.25, -0.2) is 4.98 Å². The third-order valence-electron chi connectivity index (χ3n) is 4.78. The summed E-state index contributed by atoms with van der Waals surface area (Å²) in [4.78, 5) is 18.7. The zero-order valence-electron chi connectivity index (χ0n) is 17.6. The van der Waals surface area contributed by atoms with Gasteiger partial charge in [-0.3, -0.25) is 4.79 Å². The van der Waals surface area contributed by atoms with Crippen molar-refractivity contribution in [3.63, 3.8) is 0 Å². The number of amides is 1. The lowest BCUT2D eigenvalue weighted by Crippen LogP contribution is -2.31. The predicted molar refractivity (Wildman–Crippen MR) is 118 cm³/mol. The van der Waals surface area contributed by atoms with Gasteiger partial charge in [0, 0.05) is 25.4 Å². The number of aryl methyl sites for hydroxylation is 2. The first-order valence-corrected chi connectivity index (χ1v) is 9.84. The van der Waals surface area contributed by atoms with E-state index in [4.69, 9.17) is 4.74 Å². The van der Waals surface area contributed by atoms with Crippen LogP contribution in [-0.2, 0) is 11.3 Å². The zero-order valence-corrected chi connectivity index (χ0v) is 17.6. The van der Waals surface area contributed by atoms with Crippen molar-refractivity contribution >= 4 is 12.0 Å². The van der Waals surface area contributed by atoms with Gasteiger partial charge in [-0.1, -0.05) is 36.4 Å². The number of rotatable bonds is 8. The van der Waals surface area contributed by atoms with E-state index >= 15 is 0 Å². The molecule has 3 rings (SSSR count). The maximum atomic E-state index is 12.7. The molecule has 0 spiro atoms. The molecule has 2 aromatic carbocycles. The van der Waals surface area contributed by atoms with Crippen LogP contribution in [0.4, 0.5) is 0 Å². The van der Waals surface area contributed by atoms with Crippen molar-refractivity contribution in [3.8, 4) is 11.4 Å². The van der Waals surface area contributed by atoms with Crippen LogP contribution >= 0.6 is 0 Å². The summed E-state index contributed by atoms with van der Waals surface area (Å²) in [5, 5.41) is 9.34. The number of hydrogen-bond acceptors (Lipinski definition) is 4. The number of benzene rings is 2. The highest BCUT2D eigenvalue weighted by Gasteiger charge is 2.12. The van der Waals surface area contributed by atoms with Gasteiger partial charge in [0.15, 0.2) is 0 Å². The van der Waals surface area contributed by atoms with Crippen molar-refractivity contribution in [2.75, 3.05) is 20.3 Å². The SMILES string of the molecule is COc1cc(C=CC(=O)N(CCO)Cc2ccccc2)ccc1-n1cc(C)nc1C. The molecule has 0 bridgehead atoms. The van der Waals surface area contributed by atoms with E-state index in [-0.39, 0.29) is 19.1 Å². The summed E-state index contributed by atoms with van der Waals surface area (Å²) in [5.41, 5.74) is 3.70. The molecule has 0 unspecified atom stereocenters. The molecule has 3 aromatic rings. The fraction of sp³-hybridized carbons (Fsp3) is 0.250. The van der Waals surface area contributed by atoms with Crippen LogP contribution in [0.15, 0.2) is 60.8 Å². The standard InChI is InChI=1S/C24H27N3O3/c1-18-16-27(19(2)25-18)22-11-9-20(15-23(22)30-3)10-12-24(29)26(13-14-28)17-21-7-5-4-6-8-21/h4-12,15-16,28H,13-14,17H2,1-3H3. The third-order valence-corrected chi connectivity index (χ3v) is 4.78. The van der Waals surface area contributed by atoms with Crippen molar-refractivity contribution < 1.29 is 14.6 Å². The average molecular weight is 405 g/mol. The van der Waals surface area contributed by atoms with Crippen LogP contribution in [-0.4, -0.2) is 45.7 Å². The Balaban J connectivity index is 1.78. The van der Waals surface area contributed by atoms with Crippen molar-refractivity contribution in [2.45, 2.75) is 20.4 Å². The summed E-state index contributed by atoms with van der Waals surface area (Å²) in [6, 6.07) is 15.5. The third kappa shape index (κ3) is 5.15. The normalized spacial score (nSPS) is 11.1. The van der Waals surface area contributed by atoms with Crippen LogP contribution in [0.2, 0.25) is 0 Å². The van der Waals surface area contributed by atoms with Crippen molar-refractivity contribution in [3.05, 3.63) is 83.4 Å². The van der Waals surface area contributed by atoms with E-state index in [1.54, 1.807) is 18.1 Å². The summed E-state index contributed by atoms with van der Waals surface area (Å²) in [5.74, 6) is 1.42. The van der Waals surface area contributed by atoms with Gasteiger partial charge in [-0.05, 0) is 43.2 Å². The molecule has 0 aliphatic heterocycles. The molecule has 0 saturated carbocycles. The lowest BCUT2D eigenvalue weighted by atomic mass is 10.1. The molecule has 156 valence electrons. The van der Waals surface area contributed by atoms with Gasteiger partial charge in [0.2, 0.25) is 5.91 Å². The van der Waals surface area contributed by atoms with Gasteiger partial charge in [0.25, 0.3) is 0 Å². The van der Waals surface area contributed by atoms with E-state index < -0.39 is 0 Å². The Morgan fingerprint density at radius 3 is 2.60 bits per heavy atom. The summed E-state index contributed by atoms with van der Waals surface area (Å²) in [7, 11) is 1.62. The fourth-order valence-corrected chi connectivity index (χ4v) is 3.32. The Morgan fingerprint density at radius 2 is 1.97 bits per heavy atom. The topological polar surface area (TPSA) is 67.6 Å². The molecule has 0 radical (unpaired) electrons. The minimum Gasteiger partial charge on any atom is -0.495 e. The van der Waals surface area contributed by atoms with E-state index in [2.05, 4.69) is 4.98 Å². The number of aromatic nitrogens is 2. The maximum Gasteiger partial charge on any atom is 0.246 e. The number of imidazole rings is 1. The molecule has 0 saturated heterocycles. The number of aliphatic hydroxyl groups is 1. The molecule has 1 amide bonds. The molecule has 1 N–H and O–H groups in total. The quantitative estimate of drug-likeness (QED) is 0.582. The first-order chi connectivity index (χ1) is 14.5. The van der Waals surface area contributed by atoms with E-state index in [9.17, 15) is 9.90 Å². The highest BCUT2D eigenvalue weighted by molar-refractivity contribution is 5.91. The number of nitrogens with zero attached hydrogens (tertiary/aromatic N) is 3. The Labute approximate surface area is 177 Å². The number of carbonyl (C=O) groups excluding carboxylic acids is 1. The molecule has 1 aromatic heterocycles. The lowest BCUT2D eigenvalue weighted by Gasteiger charge is -2.20. The van der Waals surface area contributed by atoms with Gasteiger partial charge in [-0.2, -0.15) is 0 Å². The van der Waals surface area contributed by atoms with E-state index in [0.717, 1.165) is 28.3 Å². The predicted octanol–water partition coefficient (Wildman–Crippen LogP) is 3.53. The average Bonchev–Trinajstić information content (AvgIpc) is 3.09. The molecule has 6 heteroatoms. The molecular weight excluding hydrogens is 378 g/mol. The van der Waals surface area contributed by atoms with Crippen LogP contribution < -0.4 is 4.74 Å². The molecule has 30 heavy (non-hydrogen) atoms. The van der Waals surface area contributed by atoms with Crippen LogP contribution in [0, 0.1) is 13.8 Å². The van der Waals surface area contributed by atoms with Crippen molar-refractivity contribution in [1.29, 1.82) is 0 Å². The van der Waals surface area contributed by atoms with Crippen molar-refractivity contribution in [1.82, 2.24) is 14.5 Å². The molecular formula is C24H27N3O3. The first-order valence-electron chi connectivity index (χ1n) is 9.84. The smallest absolute Gasteiger partial charge is 0.246 e. The second-order valence-electron chi connectivity index (χ2n) is 7.03. The van der Waals surface area contributed by atoms with Crippen molar-refractivity contribution in [2.24, 2.45) is 0 Å². The number of methoxy groups -OCH3 is 1. The van der Waals surface area contributed by atoms with Crippen LogP contribution in [0.1, 0.15) is 22.6 Å². The molecule has 0 atom stereocenters. The minimum atomic E-state index is -0.156. The summed E-state index contributed by atoms with van der Waals surface area (Å²) >= 11 is 0. The van der Waals surface area contributed by atoms with E-state index in [0.29, 0.717) is 12.3 Å². The van der Waals surface area contributed by atoms with Gasteiger partial charge >= 0.3 is 0 Å². The van der Waals surface area contributed by atoms with Crippen LogP contribution in [0.5, 0.6) is 5.75 Å². The number of carbonyl (C=O) groups is 1. The number of aliphatic hydroxyl groups excluding tert-OH is 1. The maximum absolute atomic E-state index is 12.7. The Bertz CT molecular complexity index is 1030. The Kier molecular flexibility index (Phi) is 7.03. The summed E-state index contributed by atoms with van der Waals surface area (Å²) in [6.07, 6.45) is 5.25. The zero-order chi connectivity index (χ0) is 21.5.